The zero-order valence-electron chi connectivity index (χ0n) is 14.0. The van der Waals surface area contributed by atoms with E-state index >= 15 is 0 Å². The average molecular weight is 358 g/mol. The summed E-state index contributed by atoms with van der Waals surface area (Å²) < 4.78 is 13.4. The molecule has 2 aromatic rings. The van der Waals surface area contributed by atoms with Crippen molar-refractivity contribution in [1.29, 1.82) is 0 Å². The Hall–Kier alpha value is -2.08. The molecule has 0 unspecified atom stereocenters. The number of aryl methyl sites for hydroxylation is 1. The average Bonchev–Trinajstić information content (AvgIpc) is 3.37. The summed E-state index contributed by atoms with van der Waals surface area (Å²) in [5.41, 5.74) is 4.14. The highest BCUT2D eigenvalue weighted by molar-refractivity contribution is 8.00. The number of anilines is 1. The number of benzene rings is 2. The van der Waals surface area contributed by atoms with E-state index in [4.69, 9.17) is 0 Å². The van der Waals surface area contributed by atoms with Crippen LogP contribution in [0.1, 0.15) is 29.5 Å². The quantitative estimate of drug-likeness (QED) is 0.578. The van der Waals surface area contributed by atoms with Crippen LogP contribution < -0.4 is 4.90 Å². The van der Waals surface area contributed by atoms with Gasteiger partial charge in [0.25, 0.3) is 5.69 Å². The smallest absolute Gasteiger partial charge is 0.285 e. The summed E-state index contributed by atoms with van der Waals surface area (Å²) in [6.07, 6.45) is 3.05. The number of hydrogen-bond acceptors (Lipinski definition) is 4. The summed E-state index contributed by atoms with van der Waals surface area (Å²) in [4.78, 5) is 14.2. The van der Waals surface area contributed by atoms with E-state index in [1.165, 1.54) is 6.07 Å². The Balaban J connectivity index is 1.67. The van der Waals surface area contributed by atoms with E-state index in [2.05, 4.69) is 4.90 Å². The molecule has 0 spiro atoms. The van der Waals surface area contributed by atoms with E-state index in [0.717, 1.165) is 47.5 Å². The van der Waals surface area contributed by atoms with Gasteiger partial charge in [-0.3, -0.25) is 10.1 Å². The fraction of sp³-hybridized carbons (Fsp3) is 0.368. The maximum Gasteiger partial charge on any atom is 0.285 e. The minimum atomic E-state index is -0.266. The van der Waals surface area contributed by atoms with Gasteiger partial charge < -0.3 is 4.90 Å². The molecule has 0 aromatic heterocycles. The molecule has 0 amide bonds. The Kier molecular flexibility index (Phi) is 4.15. The van der Waals surface area contributed by atoms with Crippen molar-refractivity contribution in [2.75, 3.05) is 11.4 Å². The van der Waals surface area contributed by atoms with Gasteiger partial charge in [0.1, 0.15) is 5.82 Å². The van der Waals surface area contributed by atoms with Gasteiger partial charge in [0.05, 0.1) is 9.82 Å². The van der Waals surface area contributed by atoms with Gasteiger partial charge in [0, 0.05) is 29.6 Å². The lowest BCUT2D eigenvalue weighted by molar-refractivity contribution is -0.388. The number of nitrogens with zero attached hydrogens (tertiary/aromatic N) is 2. The zero-order valence-corrected chi connectivity index (χ0v) is 14.8. The lowest BCUT2D eigenvalue weighted by Gasteiger charge is -2.31. The van der Waals surface area contributed by atoms with Gasteiger partial charge in [-0.25, -0.2) is 4.39 Å². The van der Waals surface area contributed by atoms with Crippen LogP contribution in [-0.2, 0) is 13.0 Å². The SMILES string of the molecule is Cc1cc(N2CCc3cc(F)ccc3C2)cc(SC2CC2)c1[N+](=O)[O-]. The fourth-order valence-electron chi connectivity index (χ4n) is 3.34. The van der Waals surface area contributed by atoms with Crippen LogP contribution in [0, 0.1) is 22.9 Å². The molecule has 0 bridgehead atoms. The molecule has 0 N–H and O–H groups in total. The summed E-state index contributed by atoms with van der Waals surface area (Å²) in [7, 11) is 0. The molecule has 4 rings (SSSR count). The minimum absolute atomic E-state index is 0.193. The number of nitro groups is 1. The molecule has 2 aromatic carbocycles. The fourth-order valence-corrected chi connectivity index (χ4v) is 4.61. The van der Waals surface area contributed by atoms with E-state index in [9.17, 15) is 14.5 Å². The second kappa shape index (κ2) is 6.33. The normalized spacial score (nSPS) is 16.6. The first-order valence-electron chi connectivity index (χ1n) is 8.49. The third-order valence-corrected chi connectivity index (χ3v) is 6.17. The van der Waals surface area contributed by atoms with Crippen LogP contribution in [-0.4, -0.2) is 16.7 Å². The minimum Gasteiger partial charge on any atom is -0.367 e. The molecule has 0 saturated heterocycles. The molecular weight excluding hydrogens is 339 g/mol. The lowest BCUT2D eigenvalue weighted by atomic mass is 9.99. The molecule has 1 saturated carbocycles. The van der Waals surface area contributed by atoms with Gasteiger partial charge >= 0.3 is 0 Å². The second-order valence-electron chi connectivity index (χ2n) is 6.77. The largest absolute Gasteiger partial charge is 0.367 e. The van der Waals surface area contributed by atoms with Crippen molar-refractivity contribution in [3.63, 3.8) is 0 Å². The van der Waals surface area contributed by atoms with Gasteiger partial charge in [-0.2, -0.15) is 0 Å². The Bertz CT molecular complexity index is 852. The molecule has 4 nitrogen and oxygen atoms in total. The molecule has 130 valence electrons. The maximum absolute atomic E-state index is 13.4. The second-order valence-corrected chi connectivity index (χ2v) is 8.11. The Morgan fingerprint density at radius 3 is 2.76 bits per heavy atom. The van der Waals surface area contributed by atoms with Crippen molar-refractivity contribution in [1.82, 2.24) is 0 Å². The summed E-state index contributed by atoms with van der Waals surface area (Å²) in [6.45, 7) is 3.31. The number of nitro benzene ring substituents is 1. The third-order valence-electron chi connectivity index (χ3n) is 4.80. The number of thioether (sulfide) groups is 1. The summed E-state index contributed by atoms with van der Waals surface area (Å²) in [5, 5.41) is 12.0. The van der Waals surface area contributed by atoms with Crippen molar-refractivity contribution >= 4 is 23.1 Å². The van der Waals surface area contributed by atoms with Crippen LogP contribution in [0.25, 0.3) is 0 Å². The number of hydrogen-bond donors (Lipinski definition) is 0. The van der Waals surface area contributed by atoms with Crippen LogP contribution in [0.3, 0.4) is 0 Å². The Labute approximate surface area is 150 Å². The summed E-state index contributed by atoms with van der Waals surface area (Å²) in [5.74, 6) is -0.193. The highest BCUT2D eigenvalue weighted by Gasteiger charge is 2.29. The predicted molar refractivity (Wildman–Crippen MR) is 97.9 cm³/mol. The highest BCUT2D eigenvalue weighted by Crippen LogP contribution is 2.45. The molecule has 1 aliphatic carbocycles. The maximum atomic E-state index is 13.4. The number of rotatable bonds is 4. The van der Waals surface area contributed by atoms with Crippen molar-refractivity contribution in [2.24, 2.45) is 0 Å². The molecule has 1 fully saturated rings. The summed E-state index contributed by atoms with van der Waals surface area (Å²) >= 11 is 1.63. The Morgan fingerprint density at radius 2 is 2.04 bits per heavy atom. The van der Waals surface area contributed by atoms with Crippen LogP contribution in [0.4, 0.5) is 15.8 Å². The Morgan fingerprint density at radius 1 is 1.24 bits per heavy atom. The number of halogens is 1. The van der Waals surface area contributed by atoms with Crippen LogP contribution >= 0.6 is 11.8 Å². The lowest BCUT2D eigenvalue weighted by Crippen LogP contribution is -2.30. The van der Waals surface area contributed by atoms with Gasteiger partial charge in [0.2, 0.25) is 0 Å². The molecular formula is C19H19FN2O2S. The topological polar surface area (TPSA) is 46.4 Å². The first-order valence-corrected chi connectivity index (χ1v) is 9.37. The van der Waals surface area contributed by atoms with E-state index in [1.54, 1.807) is 17.8 Å². The monoisotopic (exact) mass is 358 g/mol. The molecule has 25 heavy (non-hydrogen) atoms. The molecule has 0 radical (unpaired) electrons. The number of fused-ring (bicyclic) bond motifs is 1. The first-order chi connectivity index (χ1) is 12.0. The van der Waals surface area contributed by atoms with Gasteiger partial charge in [-0.1, -0.05) is 6.07 Å². The molecule has 1 heterocycles. The van der Waals surface area contributed by atoms with Crippen molar-refractivity contribution in [2.45, 2.75) is 42.9 Å². The summed E-state index contributed by atoms with van der Waals surface area (Å²) in [6, 6.07) is 8.82. The van der Waals surface area contributed by atoms with Gasteiger partial charge in [-0.15, -0.1) is 11.8 Å². The van der Waals surface area contributed by atoms with E-state index in [1.807, 2.05) is 25.1 Å². The predicted octanol–water partition coefficient (Wildman–Crippen LogP) is 4.86. The van der Waals surface area contributed by atoms with E-state index < -0.39 is 0 Å². The standard InChI is InChI=1S/C19H19FN2O2S/c1-12-8-16(10-18(19(12)22(23)24)25-17-4-5-17)21-7-6-13-9-15(20)3-2-14(13)11-21/h2-3,8-10,17H,4-7,11H2,1H3. The van der Waals surface area contributed by atoms with E-state index in [0.29, 0.717) is 17.4 Å². The van der Waals surface area contributed by atoms with E-state index in [-0.39, 0.29) is 16.4 Å². The van der Waals surface area contributed by atoms with Crippen molar-refractivity contribution < 1.29 is 9.31 Å². The first kappa shape index (κ1) is 16.4. The van der Waals surface area contributed by atoms with Crippen LogP contribution in [0.15, 0.2) is 35.2 Å². The zero-order chi connectivity index (χ0) is 17.6. The molecule has 1 aliphatic heterocycles. The van der Waals surface area contributed by atoms with Gasteiger partial charge in [0.15, 0.2) is 0 Å². The molecule has 0 atom stereocenters. The van der Waals surface area contributed by atoms with Crippen molar-refractivity contribution in [3.8, 4) is 0 Å². The van der Waals surface area contributed by atoms with Crippen molar-refractivity contribution in [3.05, 3.63) is 63.0 Å². The van der Waals surface area contributed by atoms with Gasteiger partial charge in [-0.05, 0) is 61.6 Å². The van der Waals surface area contributed by atoms with Crippen LogP contribution in [0.2, 0.25) is 0 Å². The van der Waals surface area contributed by atoms with Crippen LogP contribution in [0.5, 0.6) is 0 Å². The molecule has 2 aliphatic rings. The molecule has 6 heteroatoms. The highest BCUT2D eigenvalue weighted by atomic mass is 32.2. The third kappa shape index (κ3) is 3.35.